The zero-order chi connectivity index (χ0) is 6.97. The normalized spacial score (nSPS) is 35.1. The quantitative estimate of drug-likeness (QED) is 0.599. The van der Waals surface area contributed by atoms with Crippen LogP contribution in [0, 0.1) is 0 Å². The molecule has 2 nitrogen and oxygen atoms in total. The van der Waals surface area contributed by atoms with Crippen LogP contribution in [0.4, 0.5) is 0 Å². The second-order valence-electron chi connectivity index (χ2n) is 3.69. The molecule has 1 atom stereocenters. The molecule has 10 heavy (non-hydrogen) atoms. The van der Waals surface area contributed by atoms with Gasteiger partial charge in [-0.2, -0.15) is 0 Å². The van der Waals surface area contributed by atoms with Crippen molar-refractivity contribution in [2.24, 2.45) is 0 Å². The zero-order valence-corrected chi connectivity index (χ0v) is 6.64. The number of rotatable bonds is 2. The molecular weight excluding hydrogens is 124 g/mol. The fraction of sp³-hybridized carbons (Fsp3) is 1.00. The molecule has 2 heteroatoms. The van der Waals surface area contributed by atoms with Gasteiger partial charge in [-0.3, -0.25) is 0 Å². The minimum atomic E-state index is 0.803. The van der Waals surface area contributed by atoms with E-state index in [1.54, 1.807) is 0 Å². The molecule has 2 aliphatic rings. The Morgan fingerprint density at radius 3 is 2.50 bits per heavy atom. The third-order valence-corrected chi connectivity index (χ3v) is 2.44. The van der Waals surface area contributed by atoms with Gasteiger partial charge in [-0.25, -0.2) is 0 Å². The summed E-state index contributed by atoms with van der Waals surface area (Å²) in [5.74, 6) is 0. The van der Waals surface area contributed by atoms with Crippen molar-refractivity contribution in [1.82, 2.24) is 10.2 Å². The third kappa shape index (κ3) is 1.50. The van der Waals surface area contributed by atoms with Gasteiger partial charge in [0.1, 0.15) is 0 Å². The Kier molecular flexibility index (Phi) is 1.66. The molecule has 1 saturated carbocycles. The molecule has 0 radical (unpaired) electrons. The molecular formula is C8H16N2. The fourth-order valence-corrected chi connectivity index (χ4v) is 1.65. The lowest BCUT2D eigenvalue weighted by atomic mass is 10.2. The molecule has 0 spiro atoms. The highest BCUT2D eigenvalue weighted by Crippen LogP contribution is 2.21. The van der Waals surface area contributed by atoms with Crippen molar-refractivity contribution in [3.8, 4) is 0 Å². The van der Waals surface area contributed by atoms with Crippen LogP contribution in [0.15, 0.2) is 0 Å². The Hall–Kier alpha value is -0.0800. The smallest absolute Gasteiger partial charge is 0.0209 e. The highest BCUT2D eigenvalue weighted by Gasteiger charge is 2.27. The first-order chi connectivity index (χ1) is 4.84. The van der Waals surface area contributed by atoms with Crippen molar-refractivity contribution in [3.05, 3.63) is 0 Å². The first-order valence-electron chi connectivity index (χ1n) is 4.29. The molecule has 0 amide bonds. The second-order valence-corrected chi connectivity index (χ2v) is 3.69. The number of hydrogen-bond acceptors (Lipinski definition) is 2. The van der Waals surface area contributed by atoms with Crippen LogP contribution in [-0.2, 0) is 0 Å². The molecule has 2 rings (SSSR count). The molecule has 0 aromatic carbocycles. The summed E-state index contributed by atoms with van der Waals surface area (Å²) in [7, 11) is 2.20. The molecule has 2 fully saturated rings. The summed E-state index contributed by atoms with van der Waals surface area (Å²) in [5.41, 5.74) is 0. The van der Waals surface area contributed by atoms with Gasteiger partial charge in [-0.05, 0) is 32.9 Å². The number of nitrogens with zero attached hydrogens (tertiary/aromatic N) is 1. The van der Waals surface area contributed by atoms with Crippen molar-refractivity contribution < 1.29 is 0 Å². The molecule has 1 N–H and O–H groups in total. The predicted octanol–water partition coefficient (Wildman–Crippen LogP) is 0.442. The van der Waals surface area contributed by atoms with E-state index >= 15 is 0 Å². The number of likely N-dealkylation sites (tertiary alicyclic amines) is 1. The number of nitrogens with one attached hydrogen (secondary N) is 1. The standard InChI is InChI=1S/C8H16N2/c1-10-5-4-8(6-10)9-7-2-3-7/h7-9H,2-6H2,1H3. The Balaban J connectivity index is 1.72. The highest BCUT2D eigenvalue weighted by atomic mass is 15.2. The summed E-state index contributed by atoms with van der Waals surface area (Å²) in [6, 6.07) is 1.69. The van der Waals surface area contributed by atoms with E-state index in [0.29, 0.717) is 0 Å². The zero-order valence-electron chi connectivity index (χ0n) is 6.64. The van der Waals surface area contributed by atoms with E-state index in [1.807, 2.05) is 0 Å². The van der Waals surface area contributed by atoms with Gasteiger partial charge >= 0.3 is 0 Å². The molecule has 1 heterocycles. The SMILES string of the molecule is CN1CCC(NC2CC2)C1. The van der Waals surface area contributed by atoms with Crippen LogP contribution < -0.4 is 5.32 Å². The van der Waals surface area contributed by atoms with Gasteiger partial charge in [-0.1, -0.05) is 0 Å². The molecule has 1 unspecified atom stereocenters. The summed E-state index contributed by atoms with van der Waals surface area (Å²) in [6.45, 7) is 2.54. The van der Waals surface area contributed by atoms with E-state index in [2.05, 4.69) is 17.3 Å². The molecule has 0 aromatic rings. The van der Waals surface area contributed by atoms with E-state index in [9.17, 15) is 0 Å². The molecule has 1 aliphatic heterocycles. The Bertz CT molecular complexity index is 120. The van der Waals surface area contributed by atoms with Gasteiger partial charge in [0.15, 0.2) is 0 Å². The molecule has 0 aromatic heterocycles. The largest absolute Gasteiger partial charge is 0.310 e. The van der Waals surface area contributed by atoms with Gasteiger partial charge in [0.05, 0.1) is 0 Å². The van der Waals surface area contributed by atoms with Crippen molar-refractivity contribution in [2.75, 3.05) is 20.1 Å². The maximum atomic E-state index is 3.64. The number of hydrogen-bond donors (Lipinski definition) is 1. The minimum absolute atomic E-state index is 0.803. The van der Waals surface area contributed by atoms with E-state index in [4.69, 9.17) is 0 Å². The van der Waals surface area contributed by atoms with Crippen molar-refractivity contribution >= 4 is 0 Å². The van der Waals surface area contributed by atoms with Gasteiger partial charge in [0, 0.05) is 18.6 Å². The lowest BCUT2D eigenvalue weighted by Crippen LogP contribution is -2.32. The van der Waals surface area contributed by atoms with Crippen LogP contribution in [0.25, 0.3) is 0 Å². The summed E-state index contributed by atoms with van der Waals surface area (Å²) in [5, 5.41) is 3.64. The Morgan fingerprint density at radius 2 is 2.00 bits per heavy atom. The van der Waals surface area contributed by atoms with Crippen LogP contribution in [0.3, 0.4) is 0 Å². The predicted molar refractivity (Wildman–Crippen MR) is 42.1 cm³/mol. The summed E-state index contributed by atoms with van der Waals surface area (Å²) >= 11 is 0. The third-order valence-electron chi connectivity index (χ3n) is 2.44. The average molecular weight is 140 g/mol. The lowest BCUT2D eigenvalue weighted by molar-refractivity contribution is 0.397. The van der Waals surface area contributed by atoms with Crippen LogP contribution in [0.2, 0.25) is 0 Å². The van der Waals surface area contributed by atoms with E-state index in [1.165, 1.54) is 32.4 Å². The summed E-state index contributed by atoms with van der Waals surface area (Å²) < 4.78 is 0. The first kappa shape index (κ1) is 6.62. The lowest BCUT2D eigenvalue weighted by Gasteiger charge is -2.10. The molecule has 1 aliphatic carbocycles. The Morgan fingerprint density at radius 1 is 1.20 bits per heavy atom. The minimum Gasteiger partial charge on any atom is -0.310 e. The molecule has 0 bridgehead atoms. The monoisotopic (exact) mass is 140 g/mol. The van der Waals surface area contributed by atoms with Crippen molar-refractivity contribution in [1.29, 1.82) is 0 Å². The maximum absolute atomic E-state index is 3.64. The average Bonchev–Trinajstić information content (AvgIpc) is 2.59. The van der Waals surface area contributed by atoms with Crippen LogP contribution >= 0.6 is 0 Å². The second kappa shape index (κ2) is 2.51. The summed E-state index contributed by atoms with van der Waals surface area (Å²) in [4.78, 5) is 2.40. The van der Waals surface area contributed by atoms with Gasteiger partial charge in [0.2, 0.25) is 0 Å². The van der Waals surface area contributed by atoms with E-state index in [-0.39, 0.29) is 0 Å². The summed E-state index contributed by atoms with van der Waals surface area (Å²) in [6.07, 6.45) is 4.19. The topological polar surface area (TPSA) is 15.3 Å². The van der Waals surface area contributed by atoms with Gasteiger partial charge < -0.3 is 10.2 Å². The van der Waals surface area contributed by atoms with Crippen molar-refractivity contribution in [3.63, 3.8) is 0 Å². The molecule has 58 valence electrons. The van der Waals surface area contributed by atoms with E-state index in [0.717, 1.165) is 12.1 Å². The number of likely N-dealkylation sites (N-methyl/N-ethyl adjacent to an activating group) is 1. The molecule has 1 saturated heterocycles. The highest BCUT2D eigenvalue weighted by molar-refractivity contribution is 4.88. The maximum Gasteiger partial charge on any atom is 0.0209 e. The van der Waals surface area contributed by atoms with Crippen LogP contribution in [-0.4, -0.2) is 37.1 Å². The first-order valence-corrected chi connectivity index (χ1v) is 4.29. The van der Waals surface area contributed by atoms with Crippen LogP contribution in [0.1, 0.15) is 19.3 Å². The Labute approximate surface area is 62.6 Å². The van der Waals surface area contributed by atoms with Crippen molar-refractivity contribution in [2.45, 2.75) is 31.3 Å². The van der Waals surface area contributed by atoms with Gasteiger partial charge in [-0.15, -0.1) is 0 Å². The fourth-order valence-electron chi connectivity index (χ4n) is 1.65. The van der Waals surface area contributed by atoms with E-state index < -0.39 is 0 Å². The van der Waals surface area contributed by atoms with Crippen LogP contribution in [0.5, 0.6) is 0 Å². The van der Waals surface area contributed by atoms with Gasteiger partial charge in [0.25, 0.3) is 0 Å².